The molecule has 0 bridgehead atoms. The summed E-state index contributed by atoms with van der Waals surface area (Å²) in [7, 11) is 0. The standard InChI is InChI=1S/C20H20FN3O4/c1-13(26)23-10-17-11-24(20(27)28-17)16-6-7-18(19(21)8-16)15-4-2-14(3-5-15)9-22-12-25/h2-8,12,17H,9-11H2,1H3,(H,22,25)(H,23,26)/t17-/m0/s1. The molecule has 3 amide bonds. The quantitative estimate of drug-likeness (QED) is 0.716. The smallest absolute Gasteiger partial charge is 0.414 e. The third kappa shape index (κ3) is 4.46. The van der Waals surface area contributed by atoms with E-state index in [4.69, 9.17) is 4.74 Å². The molecule has 0 aliphatic carbocycles. The minimum Gasteiger partial charge on any atom is -0.442 e. The van der Waals surface area contributed by atoms with E-state index in [0.29, 0.717) is 29.8 Å². The lowest BCUT2D eigenvalue weighted by molar-refractivity contribution is -0.119. The monoisotopic (exact) mass is 385 g/mol. The highest BCUT2D eigenvalue weighted by atomic mass is 19.1. The van der Waals surface area contributed by atoms with Crippen molar-refractivity contribution in [1.82, 2.24) is 10.6 Å². The van der Waals surface area contributed by atoms with E-state index in [9.17, 15) is 18.8 Å². The Hall–Kier alpha value is -3.42. The van der Waals surface area contributed by atoms with E-state index in [2.05, 4.69) is 10.6 Å². The van der Waals surface area contributed by atoms with Crippen LogP contribution in [0.15, 0.2) is 42.5 Å². The zero-order valence-corrected chi connectivity index (χ0v) is 15.3. The first-order valence-corrected chi connectivity index (χ1v) is 8.76. The Morgan fingerprint density at radius 3 is 2.68 bits per heavy atom. The molecule has 0 spiro atoms. The maximum atomic E-state index is 14.7. The second-order valence-corrected chi connectivity index (χ2v) is 6.41. The van der Waals surface area contributed by atoms with Gasteiger partial charge in [0, 0.05) is 19.0 Å². The number of hydrogen-bond acceptors (Lipinski definition) is 4. The fourth-order valence-corrected chi connectivity index (χ4v) is 2.96. The number of nitrogens with zero attached hydrogens (tertiary/aromatic N) is 1. The summed E-state index contributed by atoms with van der Waals surface area (Å²) in [4.78, 5) is 34.7. The number of carbonyl (C=O) groups is 3. The van der Waals surface area contributed by atoms with Crippen LogP contribution in [0, 0.1) is 5.82 Å². The van der Waals surface area contributed by atoms with E-state index in [1.54, 1.807) is 24.3 Å². The van der Waals surface area contributed by atoms with E-state index in [1.165, 1.54) is 17.9 Å². The van der Waals surface area contributed by atoms with Gasteiger partial charge >= 0.3 is 6.09 Å². The Morgan fingerprint density at radius 1 is 1.29 bits per heavy atom. The lowest BCUT2D eigenvalue weighted by Crippen LogP contribution is -2.33. The summed E-state index contributed by atoms with van der Waals surface area (Å²) in [5.74, 6) is -0.674. The van der Waals surface area contributed by atoms with Gasteiger partial charge in [-0.1, -0.05) is 24.3 Å². The third-order valence-corrected chi connectivity index (χ3v) is 4.37. The van der Waals surface area contributed by atoms with Crippen LogP contribution < -0.4 is 15.5 Å². The number of benzene rings is 2. The molecule has 1 aliphatic heterocycles. The highest BCUT2D eigenvalue weighted by Gasteiger charge is 2.32. The van der Waals surface area contributed by atoms with E-state index in [-0.39, 0.29) is 19.0 Å². The normalized spacial score (nSPS) is 15.9. The molecule has 2 aromatic carbocycles. The number of amides is 3. The van der Waals surface area contributed by atoms with Crippen LogP contribution in [0.1, 0.15) is 12.5 Å². The highest BCUT2D eigenvalue weighted by molar-refractivity contribution is 5.90. The van der Waals surface area contributed by atoms with Crippen molar-refractivity contribution in [2.75, 3.05) is 18.0 Å². The first-order chi connectivity index (χ1) is 13.5. The van der Waals surface area contributed by atoms with Crippen molar-refractivity contribution >= 4 is 24.1 Å². The second kappa shape index (κ2) is 8.51. The van der Waals surface area contributed by atoms with E-state index < -0.39 is 18.0 Å². The summed E-state index contributed by atoms with van der Waals surface area (Å²) >= 11 is 0. The molecule has 1 fully saturated rings. The molecular formula is C20H20FN3O4. The van der Waals surface area contributed by atoms with Crippen LogP contribution >= 0.6 is 0 Å². The van der Waals surface area contributed by atoms with Crippen molar-refractivity contribution in [1.29, 1.82) is 0 Å². The molecule has 3 rings (SSSR count). The van der Waals surface area contributed by atoms with Crippen LogP contribution in [0.3, 0.4) is 0 Å². The number of cyclic esters (lactones) is 1. The van der Waals surface area contributed by atoms with Gasteiger partial charge in [-0.05, 0) is 29.3 Å². The molecule has 2 N–H and O–H groups in total. The summed E-state index contributed by atoms with van der Waals surface area (Å²) < 4.78 is 19.9. The van der Waals surface area contributed by atoms with Crippen LogP contribution in [0.4, 0.5) is 14.9 Å². The van der Waals surface area contributed by atoms with Gasteiger partial charge in [-0.3, -0.25) is 14.5 Å². The summed E-state index contributed by atoms with van der Waals surface area (Å²) in [6, 6.07) is 11.7. The van der Waals surface area contributed by atoms with Crippen LogP contribution in [0.25, 0.3) is 11.1 Å². The van der Waals surface area contributed by atoms with Gasteiger partial charge in [0.2, 0.25) is 12.3 Å². The first-order valence-electron chi connectivity index (χ1n) is 8.76. The van der Waals surface area contributed by atoms with E-state index >= 15 is 0 Å². The van der Waals surface area contributed by atoms with Crippen molar-refractivity contribution in [3.8, 4) is 11.1 Å². The van der Waals surface area contributed by atoms with Gasteiger partial charge in [-0.25, -0.2) is 9.18 Å². The van der Waals surface area contributed by atoms with Gasteiger partial charge in [0.05, 0.1) is 18.8 Å². The summed E-state index contributed by atoms with van der Waals surface area (Å²) in [6.45, 7) is 2.23. The molecule has 1 saturated heterocycles. The molecule has 1 heterocycles. The average molecular weight is 385 g/mol. The number of carbonyl (C=O) groups excluding carboxylic acids is 3. The number of rotatable bonds is 7. The molecule has 0 saturated carbocycles. The molecule has 0 unspecified atom stereocenters. The van der Waals surface area contributed by atoms with Gasteiger partial charge < -0.3 is 15.4 Å². The molecule has 7 nitrogen and oxygen atoms in total. The van der Waals surface area contributed by atoms with Crippen molar-refractivity contribution in [3.05, 3.63) is 53.8 Å². The largest absolute Gasteiger partial charge is 0.442 e. The van der Waals surface area contributed by atoms with Crippen molar-refractivity contribution in [3.63, 3.8) is 0 Å². The topological polar surface area (TPSA) is 87.7 Å². The Kier molecular flexibility index (Phi) is 5.88. The number of anilines is 1. The van der Waals surface area contributed by atoms with Crippen molar-refractivity contribution in [2.24, 2.45) is 0 Å². The van der Waals surface area contributed by atoms with Crippen molar-refractivity contribution < 1.29 is 23.5 Å². The summed E-state index contributed by atoms with van der Waals surface area (Å²) in [5.41, 5.74) is 2.38. The second-order valence-electron chi connectivity index (χ2n) is 6.41. The zero-order valence-electron chi connectivity index (χ0n) is 15.3. The number of hydrogen-bond donors (Lipinski definition) is 2. The minimum absolute atomic E-state index is 0.210. The molecule has 0 radical (unpaired) electrons. The predicted octanol–water partition coefficient (Wildman–Crippen LogP) is 2.20. The molecule has 1 atom stereocenters. The average Bonchev–Trinajstić information content (AvgIpc) is 3.06. The Morgan fingerprint density at radius 2 is 2.04 bits per heavy atom. The third-order valence-electron chi connectivity index (χ3n) is 4.37. The van der Waals surface area contributed by atoms with Gasteiger partial charge in [0.1, 0.15) is 11.9 Å². The maximum Gasteiger partial charge on any atom is 0.414 e. The van der Waals surface area contributed by atoms with Crippen LogP contribution in [0.2, 0.25) is 0 Å². The van der Waals surface area contributed by atoms with E-state index in [0.717, 1.165) is 5.56 Å². The van der Waals surface area contributed by atoms with Crippen LogP contribution in [-0.4, -0.2) is 37.6 Å². The predicted molar refractivity (Wildman–Crippen MR) is 101 cm³/mol. The van der Waals surface area contributed by atoms with Crippen LogP contribution in [0.5, 0.6) is 0 Å². The van der Waals surface area contributed by atoms with Gasteiger partial charge in [0.25, 0.3) is 0 Å². The molecular weight excluding hydrogens is 365 g/mol. The maximum absolute atomic E-state index is 14.7. The van der Waals surface area contributed by atoms with Gasteiger partial charge in [-0.2, -0.15) is 0 Å². The Labute approximate surface area is 161 Å². The van der Waals surface area contributed by atoms with E-state index in [1.807, 2.05) is 12.1 Å². The summed E-state index contributed by atoms with van der Waals surface area (Å²) in [5, 5.41) is 5.17. The number of halogens is 1. The van der Waals surface area contributed by atoms with Gasteiger partial charge in [-0.15, -0.1) is 0 Å². The summed E-state index contributed by atoms with van der Waals surface area (Å²) in [6.07, 6.45) is -0.433. The molecule has 28 heavy (non-hydrogen) atoms. The Balaban J connectivity index is 1.72. The molecule has 1 aliphatic rings. The number of nitrogens with one attached hydrogen (secondary N) is 2. The van der Waals surface area contributed by atoms with Gasteiger partial charge in [0.15, 0.2) is 0 Å². The molecule has 2 aromatic rings. The van der Waals surface area contributed by atoms with Crippen molar-refractivity contribution in [2.45, 2.75) is 19.6 Å². The first kappa shape index (κ1) is 19.3. The van der Waals surface area contributed by atoms with Crippen LogP contribution in [-0.2, 0) is 20.9 Å². The molecule has 8 heteroatoms. The lowest BCUT2D eigenvalue weighted by atomic mass is 10.0. The number of ether oxygens (including phenoxy) is 1. The molecule has 0 aromatic heterocycles. The minimum atomic E-state index is -0.575. The fourth-order valence-electron chi connectivity index (χ4n) is 2.96. The Bertz CT molecular complexity index is 886. The highest BCUT2D eigenvalue weighted by Crippen LogP contribution is 2.29. The zero-order chi connectivity index (χ0) is 20.1. The molecule has 146 valence electrons. The lowest BCUT2D eigenvalue weighted by Gasteiger charge is -2.14. The fraction of sp³-hybridized carbons (Fsp3) is 0.250. The SMILES string of the molecule is CC(=O)NC[C@H]1CN(c2ccc(-c3ccc(CNC=O)cc3)c(F)c2)C(=O)O1.